The van der Waals surface area contributed by atoms with Crippen LogP contribution < -0.4 is 5.32 Å². The molecule has 1 amide bonds. The molecule has 24 heavy (non-hydrogen) atoms. The number of rotatable bonds is 9. The van der Waals surface area contributed by atoms with E-state index in [9.17, 15) is 9.59 Å². The summed E-state index contributed by atoms with van der Waals surface area (Å²) in [5.41, 5.74) is 1.57. The molecule has 128 valence electrons. The molecule has 0 unspecified atom stereocenters. The molecule has 0 saturated heterocycles. The average molecular weight is 347 g/mol. The van der Waals surface area contributed by atoms with E-state index in [2.05, 4.69) is 20.0 Å². The summed E-state index contributed by atoms with van der Waals surface area (Å²) in [6, 6.07) is 5.67. The first-order chi connectivity index (χ1) is 11.7. The van der Waals surface area contributed by atoms with Gasteiger partial charge in [-0.15, -0.1) is 11.3 Å². The zero-order chi connectivity index (χ0) is 17.2. The van der Waals surface area contributed by atoms with Crippen molar-refractivity contribution in [2.24, 2.45) is 0 Å². The van der Waals surface area contributed by atoms with E-state index in [0.29, 0.717) is 13.0 Å². The summed E-state index contributed by atoms with van der Waals surface area (Å²) < 4.78 is 4.58. The Hall–Kier alpha value is -2.28. The van der Waals surface area contributed by atoms with Crippen LogP contribution in [0.5, 0.6) is 0 Å². The molecule has 0 atom stereocenters. The van der Waals surface area contributed by atoms with Gasteiger partial charge < -0.3 is 10.1 Å². The van der Waals surface area contributed by atoms with E-state index in [0.717, 1.165) is 35.7 Å². The molecule has 2 aromatic heterocycles. The first kappa shape index (κ1) is 18.1. The third-order valence-electron chi connectivity index (χ3n) is 3.38. The third kappa shape index (κ3) is 6.08. The minimum absolute atomic E-state index is 0.0409. The average Bonchev–Trinajstić information content (AvgIpc) is 3.07. The van der Waals surface area contributed by atoms with Crippen molar-refractivity contribution in [3.8, 4) is 10.7 Å². The van der Waals surface area contributed by atoms with E-state index >= 15 is 0 Å². The second kappa shape index (κ2) is 9.77. The number of unbranched alkanes of at least 4 members (excludes halogenated alkanes) is 2. The van der Waals surface area contributed by atoms with E-state index in [1.807, 2.05) is 23.6 Å². The molecule has 0 saturated carbocycles. The first-order valence-electron chi connectivity index (χ1n) is 7.88. The Bertz CT molecular complexity index is 658. The summed E-state index contributed by atoms with van der Waals surface area (Å²) in [5, 5.41) is 5.59. The Labute approximate surface area is 145 Å². The minimum Gasteiger partial charge on any atom is -0.469 e. The van der Waals surface area contributed by atoms with Gasteiger partial charge in [0.05, 0.1) is 24.9 Å². The highest BCUT2D eigenvalue weighted by Gasteiger charge is 2.09. The fraction of sp³-hybridized carbons (Fsp3) is 0.412. The highest BCUT2D eigenvalue weighted by molar-refractivity contribution is 7.13. The second-order valence-corrected chi connectivity index (χ2v) is 6.13. The Morgan fingerprint density at radius 3 is 2.88 bits per heavy atom. The van der Waals surface area contributed by atoms with Crippen LogP contribution in [0.3, 0.4) is 0 Å². The van der Waals surface area contributed by atoms with Gasteiger partial charge in [0, 0.05) is 24.5 Å². The van der Waals surface area contributed by atoms with Crippen LogP contribution in [0.25, 0.3) is 10.7 Å². The summed E-state index contributed by atoms with van der Waals surface area (Å²) >= 11 is 1.49. The summed E-state index contributed by atoms with van der Waals surface area (Å²) in [6.45, 7) is 0.608. The number of esters is 1. The van der Waals surface area contributed by atoms with Crippen LogP contribution in [0.4, 0.5) is 0 Å². The van der Waals surface area contributed by atoms with Crippen molar-refractivity contribution < 1.29 is 14.3 Å². The molecule has 2 aromatic rings. The first-order valence-corrected chi connectivity index (χ1v) is 8.76. The summed E-state index contributed by atoms with van der Waals surface area (Å²) in [6.07, 6.45) is 4.94. The molecule has 1 N–H and O–H groups in total. The fourth-order valence-corrected chi connectivity index (χ4v) is 2.92. The van der Waals surface area contributed by atoms with Gasteiger partial charge in [-0.1, -0.05) is 12.5 Å². The number of nitrogens with zero attached hydrogens (tertiary/aromatic N) is 2. The quantitative estimate of drug-likeness (QED) is 0.557. The van der Waals surface area contributed by atoms with E-state index in [1.165, 1.54) is 18.4 Å². The van der Waals surface area contributed by atoms with Gasteiger partial charge in [-0.2, -0.15) is 0 Å². The van der Waals surface area contributed by atoms with Crippen molar-refractivity contribution in [2.45, 2.75) is 32.1 Å². The predicted octanol–water partition coefficient (Wildman–Crippen LogP) is 2.60. The van der Waals surface area contributed by atoms with Crippen LogP contribution in [0.2, 0.25) is 0 Å². The lowest BCUT2D eigenvalue weighted by Crippen LogP contribution is -2.26. The van der Waals surface area contributed by atoms with Crippen LogP contribution >= 0.6 is 11.3 Å². The molecule has 2 heterocycles. The lowest BCUT2D eigenvalue weighted by atomic mass is 10.2. The Morgan fingerprint density at radius 1 is 1.25 bits per heavy atom. The number of hydrogen-bond donors (Lipinski definition) is 1. The highest BCUT2D eigenvalue weighted by Crippen LogP contribution is 2.21. The molecular formula is C17H21N3O3S. The van der Waals surface area contributed by atoms with Crippen molar-refractivity contribution in [3.63, 3.8) is 0 Å². The second-order valence-electron chi connectivity index (χ2n) is 5.27. The van der Waals surface area contributed by atoms with E-state index in [4.69, 9.17) is 0 Å². The maximum Gasteiger partial charge on any atom is 0.305 e. The smallest absolute Gasteiger partial charge is 0.305 e. The normalized spacial score (nSPS) is 10.4. The van der Waals surface area contributed by atoms with Crippen molar-refractivity contribution in [1.29, 1.82) is 0 Å². The van der Waals surface area contributed by atoms with Crippen LogP contribution in [0, 0.1) is 0 Å². The molecule has 0 aromatic carbocycles. The van der Waals surface area contributed by atoms with E-state index in [-0.39, 0.29) is 18.3 Å². The number of nitrogens with one attached hydrogen (secondary N) is 1. The predicted molar refractivity (Wildman–Crippen MR) is 92.5 cm³/mol. The number of hydrogen-bond acceptors (Lipinski definition) is 6. The highest BCUT2D eigenvalue weighted by atomic mass is 32.1. The molecule has 6 nitrogen and oxygen atoms in total. The number of ether oxygens (including phenoxy) is 1. The van der Waals surface area contributed by atoms with Gasteiger partial charge in [-0.05, 0) is 25.0 Å². The molecule has 0 aliphatic carbocycles. The van der Waals surface area contributed by atoms with Gasteiger partial charge in [-0.3, -0.25) is 14.6 Å². The number of carbonyl (C=O) groups is 2. The summed E-state index contributed by atoms with van der Waals surface area (Å²) in [5.74, 6) is -0.230. The van der Waals surface area contributed by atoms with E-state index < -0.39 is 0 Å². The molecule has 0 aliphatic heterocycles. The maximum absolute atomic E-state index is 11.9. The van der Waals surface area contributed by atoms with Crippen molar-refractivity contribution in [1.82, 2.24) is 15.3 Å². The minimum atomic E-state index is -0.189. The van der Waals surface area contributed by atoms with Gasteiger partial charge in [-0.25, -0.2) is 4.98 Å². The van der Waals surface area contributed by atoms with Crippen molar-refractivity contribution in [2.75, 3.05) is 13.7 Å². The van der Waals surface area contributed by atoms with Gasteiger partial charge in [0.1, 0.15) is 5.01 Å². The summed E-state index contributed by atoms with van der Waals surface area (Å²) in [7, 11) is 1.39. The molecule has 0 aliphatic rings. The zero-order valence-corrected chi connectivity index (χ0v) is 14.5. The van der Waals surface area contributed by atoms with Crippen LogP contribution in [-0.4, -0.2) is 35.5 Å². The lowest BCUT2D eigenvalue weighted by Gasteiger charge is -2.04. The number of methoxy groups -OCH3 is 1. The van der Waals surface area contributed by atoms with Crippen molar-refractivity contribution >= 4 is 23.2 Å². The van der Waals surface area contributed by atoms with Crippen LogP contribution in [0.15, 0.2) is 29.8 Å². The molecule has 2 rings (SSSR count). The number of pyridine rings is 1. The molecule has 0 bridgehead atoms. The maximum atomic E-state index is 11.9. The Balaban J connectivity index is 1.66. The Kier molecular flexibility index (Phi) is 7.35. The zero-order valence-electron chi connectivity index (χ0n) is 13.7. The van der Waals surface area contributed by atoms with Gasteiger partial charge in [0.15, 0.2) is 0 Å². The Morgan fingerprint density at radius 2 is 2.12 bits per heavy atom. The molecule has 7 heteroatoms. The van der Waals surface area contributed by atoms with Crippen LogP contribution in [-0.2, 0) is 20.7 Å². The molecule has 0 spiro atoms. The molecule has 0 fully saturated rings. The fourth-order valence-electron chi connectivity index (χ4n) is 2.12. The topological polar surface area (TPSA) is 81.2 Å². The van der Waals surface area contributed by atoms with Crippen molar-refractivity contribution in [3.05, 3.63) is 35.5 Å². The monoisotopic (exact) mass is 347 g/mol. The number of carbonyl (C=O) groups excluding carboxylic acids is 2. The number of amides is 1. The lowest BCUT2D eigenvalue weighted by molar-refractivity contribution is -0.140. The van der Waals surface area contributed by atoms with E-state index in [1.54, 1.807) is 6.20 Å². The van der Waals surface area contributed by atoms with Gasteiger partial charge >= 0.3 is 5.97 Å². The summed E-state index contributed by atoms with van der Waals surface area (Å²) in [4.78, 5) is 31.6. The van der Waals surface area contributed by atoms with Crippen LogP contribution in [0.1, 0.15) is 31.4 Å². The van der Waals surface area contributed by atoms with Gasteiger partial charge in [0.2, 0.25) is 5.91 Å². The third-order valence-corrected chi connectivity index (χ3v) is 4.30. The SMILES string of the molecule is COC(=O)CCCCCNC(=O)Cc1csc(-c2ccccn2)n1. The number of thiazole rings is 1. The standard InChI is InChI=1S/C17H21N3O3S/c1-23-16(22)8-3-2-5-10-19-15(21)11-13-12-24-17(20-13)14-7-4-6-9-18-14/h4,6-7,9,12H,2-3,5,8,10-11H2,1H3,(H,19,21). The molecular weight excluding hydrogens is 326 g/mol. The number of aromatic nitrogens is 2. The largest absolute Gasteiger partial charge is 0.469 e. The van der Waals surface area contributed by atoms with Gasteiger partial charge in [0.25, 0.3) is 0 Å². The molecule has 0 radical (unpaired) electrons.